The average molecular weight is 296 g/mol. The number of ether oxygens (including phenoxy) is 2. The van der Waals surface area contributed by atoms with Crippen LogP contribution in [-0.2, 0) is 6.54 Å². The Bertz CT molecular complexity index is 520. The van der Waals surface area contributed by atoms with Gasteiger partial charge >= 0.3 is 0 Å². The number of piperidine rings is 1. The number of nitro benzene ring substituents is 1. The van der Waals surface area contributed by atoms with Crippen molar-refractivity contribution < 1.29 is 19.5 Å². The molecular weight excluding hydrogens is 276 g/mol. The van der Waals surface area contributed by atoms with Crippen LogP contribution in [0.5, 0.6) is 11.5 Å². The number of rotatable bonds is 5. The first-order valence-electron chi connectivity index (χ1n) is 6.85. The number of aliphatic hydroxyl groups is 1. The Hall–Kier alpha value is -1.86. The van der Waals surface area contributed by atoms with E-state index in [-0.39, 0.29) is 11.8 Å². The number of aliphatic hydroxyl groups excluding tert-OH is 1. The van der Waals surface area contributed by atoms with E-state index in [9.17, 15) is 15.2 Å². The Kier molecular flexibility index (Phi) is 4.98. The highest BCUT2D eigenvalue weighted by Gasteiger charge is 2.24. The van der Waals surface area contributed by atoms with E-state index in [1.54, 1.807) is 6.07 Å². The molecule has 1 saturated heterocycles. The zero-order valence-corrected chi connectivity index (χ0v) is 12.2. The molecule has 1 aromatic rings. The molecular formula is C14H20N2O5. The van der Waals surface area contributed by atoms with Gasteiger partial charge in [0.05, 0.1) is 31.3 Å². The number of likely N-dealkylation sites (tertiary alicyclic amines) is 1. The predicted octanol–water partition coefficient (Wildman–Crippen LogP) is 1.57. The third kappa shape index (κ3) is 3.62. The molecule has 7 heteroatoms. The van der Waals surface area contributed by atoms with Crippen LogP contribution in [0.4, 0.5) is 5.69 Å². The highest BCUT2D eigenvalue weighted by Crippen LogP contribution is 2.35. The topological polar surface area (TPSA) is 85.1 Å². The van der Waals surface area contributed by atoms with E-state index >= 15 is 0 Å². The van der Waals surface area contributed by atoms with E-state index in [2.05, 4.69) is 0 Å². The summed E-state index contributed by atoms with van der Waals surface area (Å²) in [7, 11) is 2.94. The van der Waals surface area contributed by atoms with Crippen LogP contribution in [0.15, 0.2) is 12.1 Å². The third-order valence-electron chi connectivity index (χ3n) is 3.66. The van der Waals surface area contributed by atoms with Crippen molar-refractivity contribution in [3.05, 3.63) is 27.8 Å². The summed E-state index contributed by atoms with van der Waals surface area (Å²) in [5, 5.41) is 20.9. The molecule has 1 N–H and O–H groups in total. The first-order chi connectivity index (χ1) is 10.0. The SMILES string of the molecule is COc1cc(CN2CCC[C@@H](O)C2)c([N+](=O)[O-])cc1OC. The molecule has 7 nitrogen and oxygen atoms in total. The summed E-state index contributed by atoms with van der Waals surface area (Å²) in [5.74, 6) is 0.808. The lowest BCUT2D eigenvalue weighted by Crippen LogP contribution is -2.37. The van der Waals surface area contributed by atoms with E-state index in [4.69, 9.17) is 9.47 Å². The van der Waals surface area contributed by atoms with Crippen molar-refractivity contribution in [1.29, 1.82) is 0 Å². The largest absolute Gasteiger partial charge is 0.493 e. The lowest BCUT2D eigenvalue weighted by molar-refractivity contribution is -0.385. The van der Waals surface area contributed by atoms with Gasteiger partial charge in [0.2, 0.25) is 0 Å². The fourth-order valence-corrected chi connectivity index (χ4v) is 2.62. The first kappa shape index (κ1) is 15.5. The second-order valence-electron chi connectivity index (χ2n) is 5.12. The molecule has 1 atom stereocenters. The molecule has 0 amide bonds. The van der Waals surface area contributed by atoms with E-state index < -0.39 is 4.92 Å². The van der Waals surface area contributed by atoms with Gasteiger partial charge in [-0.05, 0) is 25.5 Å². The molecule has 0 spiro atoms. The number of methoxy groups -OCH3 is 2. The molecule has 0 aliphatic carbocycles. The van der Waals surface area contributed by atoms with Gasteiger partial charge in [-0.2, -0.15) is 0 Å². The molecule has 1 aliphatic heterocycles. The molecule has 1 aromatic carbocycles. The lowest BCUT2D eigenvalue weighted by Gasteiger charge is -2.29. The molecule has 0 aromatic heterocycles. The summed E-state index contributed by atoms with van der Waals surface area (Å²) in [6.45, 7) is 1.77. The highest BCUT2D eigenvalue weighted by molar-refractivity contribution is 5.54. The Morgan fingerprint density at radius 2 is 2.05 bits per heavy atom. The summed E-state index contributed by atoms with van der Waals surface area (Å²) in [6, 6.07) is 3.02. The fourth-order valence-electron chi connectivity index (χ4n) is 2.62. The Morgan fingerprint density at radius 1 is 1.38 bits per heavy atom. The number of hydrogen-bond acceptors (Lipinski definition) is 6. The minimum Gasteiger partial charge on any atom is -0.493 e. The molecule has 0 radical (unpaired) electrons. The maximum Gasteiger partial charge on any atom is 0.277 e. The van der Waals surface area contributed by atoms with Crippen LogP contribution in [0, 0.1) is 10.1 Å². The second-order valence-corrected chi connectivity index (χ2v) is 5.12. The monoisotopic (exact) mass is 296 g/mol. The number of hydrogen-bond donors (Lipinski definition) is 1. The van der Waals surface area contributed by atoms with Crippen LogP contribution in [0.1, 0.15) is 18.4 Å². The van der Waals surface area contributed by atoms with Gasteiger partial charge in [0.1, 0.15) is 0 Å². The second kappa shape index (κ2) is 6.73. The predicted molar refractivity (Wildman–Crippen MR) is 76.7 cm³/mol. The zero-order valence-electron chi connectivity index (χ0n) is 12.2. The van der Waals surface area contributed by atoms with Gasteiger partial charge in [-0.15, -0.1) is 0 Å². The molecule has 1 heterocycles. The summed E-state index contributed by atoms with van der Waals surface area (Å²) in [5.41, 5.74) is 0.569. The highest BCUT2D eigenvalue weighted by atomic mass is 16.6. The normalized spacial score (nSPS) is 19.3. The lowest BCUT2D eigenvalue weighted by atomic mass is 10.1. The Balaban J connectivity index is 2.29. The minimum absolute atomic E-state index is 0.00714. The van der Waals surface area contributed by atoms with Crippen molar-refractivity contribution in [3.63, 3.8) is 0 Å². The van der Waals surface area contributed by atoms with Crippen molar-refractivity contribution in [2.24, 2.45) is 0 Å². The minimum atomic E-state index is -0.419. The molecule has 2 rings (SSSR count). The van der Waals surface area contributed by atoms with Crippen molar-refractivity contribution >= 4 is 5.69 Å². The zero-order chi connectivity index (χ0) is 15.4. The summed E-state index contributed by atoms with van der Waals surface area (Å²) < 4.78 is 10.3. The van der Waals surface area contributed by atoms with Crippen molar-refractivity contribution in [3.8, 4) is 11.5 Å². The molecule has 116 valence electrons. The molecule has 21 heavy (non-hydrogen) atoms. The standard InChI is InChI=1S/C14H20N2O5/c1-20-13-6-10(8-15-5-3-4-11(17)9-15)12(16(18)19)7-14(13)21-2/h6-7,11,17H,3-5,8-9H2,1-2H3/t11-/m1/s1. The maximum absolute atomic E-state index is 11.2. The van der Waals surface area contributed by atoms with Gasteiger partial charge in [0.15, 0.2) is 11.5 Å². The van der Waals surface area contributed by atoms with Gasteiger partial charge in [-0.1, -0.05) is 0 Å². The molecule has 0 bridgehead atoms. The molecule has 0 saturated carbocycles. The number of β-amino-alcohol motifs (C(OH)–C–C–N with tert-alkyl or cyclic N) is 1. The average Bonchev–Trinajstić information content (AvgIpc) is 2.46. The quantitative estimate of drug-likeness (QED) is 0.655. The van der Waals surface area contributed by atoms with Gasteiger partial charge in [-0.3, -0.25) is 15.0 Å². The maximum atomic E-state index is 11.2. The Morgan fingerprint density at radius 3 is 2.62 bits per heavy atom. The van der Waals surface area contributed by atoms with Crippen LogP contribution in [0.2, 0.25) is 0 Å². The van der Waals surface area contributed by atoms with Crippen LogP contribution in [0.25, 0.3) is 0 Å². The molecule has 1 aliphatic rings. The van der Waals surface area contributed by atoms with Crippen LogP contribution >= 0.6 is 0 Å². The first-order valence-corrected chi connectivity index (χ1v) is 6.85. The third-order valence-corrected chi connectivity index (χ3v) is 3.66. The van der Waals surface area contributed by atoms with E-state index in [0.29, 0.717) is 30.2 Å². The smallest absolute Gasteiger partial charge is 0.277 e. The van der Waals surface area contributed by atoms with Gasteiger partial charge in [0, 0.05) is 18.7 Å². The Labute approximate surface area is 123 Å². The number of nitro groups is 1. The fraction of sp³-hybridized carbons (Fsp3) is 0.571. The van der Waals surface area contributed by atoms with Crippen LogP contribution in [-0.4, -0.2) is 48.3 Å². The van der Waals surface area contributed by atoms with E-state index in [0.717, 1.165) is 19.4 Å². The van der Waals surface area contributed by atoms with Gasteiger partial charge in [0.25, 0.3) is 5.69 Å². The van der Waals surface area contributed by atoms with Crippen molar-refractivity contribution in [2.75, 3.05) is 27.3 Å². The van der Waals surface area contributed by atoms with Crippen molar-refractivity contribution in [1.82, 2.24) is 4.90 Å². The van der Waals surface area contributed by atoms with Gasteiger partial charge < -0.3 is 14.6 Å². The molecule has 0 unspecified atom stereocenters. The van der Waals surface area contributed by atoms with Gasteiger partial charge in [-0.25, -0.2) is 0 Å². The number of nitrogens with zero attached hydrogens (tertiary/aromatic N) is 2. The van der Waals surface area contributed by atoms with E-state index in [1.165, 1.54) is 20.3 Å². The summed E-state index contributed by atoms with van der Waals surface area (Å²) in [4.78, 5) is 12.8. The van der Waals surface area contributed by atoms with Crippen molar-refractivity contribution in [2.45, 2.75) is 25.5 Å². The number of benzene rings is 1. The molecule has 1 fully saturated rings. The van der Waals surface area contributed by atoms with E-state index in [1.807, 2.05) is 4.90 Å². The van der Waals surface area contributed by atoms with Crippen LogP contribution in [0.3, 0.4) is 0 Å². The summed E-state index contributed by atoms with van der Waals surface area (Å²) in [6.07, 6.45) is 1.31. The van der Waals surface area contributed by atoms with Crippen LogP contribution < -0.4 is 9.47 Å². The summed E-state index contributed by atoms with van der Waals surface area (Å²) >= 11 is 0.